The summed E-state index contributed by atoms with van der Waals surface area (Å²) < 4.78 is 75.5. The molecule has 28 heavy (non-hydrogen) atoms. The van der Waals surface area contributed by atoms with E-state index in [1.807, 2.05) is 0 Å². The van der Waals surface area contributed by atoms with E-state index < -0.39 is 38.9 Å². The van der Waals surface area contributed by atoms with Gasteiger partial charge in [-0.1, -0.05) is 49.2 Å². The molecule has 1 N–H and O–H groups in total. The first kappa shape index (κ1) is 22.8. The minimum Gasteiger partial charge on any atom is -0.380 e. The van der Waals surface area contributed by atoms with Gasteiger partial charge in [0, 0.05) is 20.8 Å². The molecule has 1 atom stereocenters. The molecule has 1 fully saturated rings. The van der Waals surface area contributed by atoms with E-state index in [2.05, 4.69) is 11.8 Å². The molecule has 1 aliphatic rings. The van der Waals surface area contributed by atoms with Gasteiger partial charge in [0.2, 0.25) is 6.43 Å². The maximum Gasteiger partial charge on any atom is 0.419 e. The summed E-state index contributed by atoms with van der Waals surface area (Å²) in [5.74, 6) is 4.03. The molecule has 0 bridgehead atoms. The van der Waals surface area contributed by atoms with Crippen LogP contribution in [-0.4, -0.2) is 26.4 Å². The molecule has 1 nitrogen and oxygen atoms in total. The Balaban J connectivity index is 1.79. The molecule has 0 spiro atoms. The number of halogens is 6. The highest BCUT2D eigenvalue weighted by Gasteiger charge is 2.33. The molecule has 1 aromatic carbocycles. The minimum atomic E-state index is -4.75. The van der Waals surface area contributed by atoms with Crippen LogP contribution in [0.4, 0.5) is 26.3 Å². The Labute approximate surface area is 162 Å². The molecular formula is C20H24F6OSi. The van der Waals surface area contributed by atoms with Crippen LogP contribution in [0.5, 0.6) is 0 Å². The fourth-order valence-electron chi connectivity index (χ4n) is 3.68. The number of aliphatic hydroxyl groups is 1. The third kappa shape index (κ3) is 7.51. The van der Waals surface area contributed by atoms with Crippen LogP contribution in [0.1, 0.15) is 43.2 Å². The second-order valence-corrected chi connectivity index (χ2v) is 10.9. The average Bonchev–Trinajstić information content (AvgIpc) is 2.60. The highest BCUT2D eigenvalue weighted by atomic mass is 28.3. The molecule has 1 saturated heterocycles. The number of benzene rings is 1. The lowest BCUT2D eigenvalue weighted by Gasteiger charge is -2.28. The van der Waals surface area contributed by atoms with E-state index in [-0.39, 0.29) is 12.0 Å². The smallest absolute Gasteiger partial charge is 0.380 e. The van der Waals surface area contributed by atoms with Gasteiger partial charge in [-0.05, 0) is 30.5 Å². The number of alkyl halides is 5. The zero-order valence-electron chi connectivity index (χ0n) is 15.4. The van der Waals surface area contributed by atoms with Crippen molar-refractivity contribution in [3.63, 3.8) is 0 Å². The third-order valence-corrected chi connectivity index (χ3v) is 8.74. The predicted molar refractivity (Wildman–Crippen MR) is 98.4 cm³/mol. The van der Waals surface area contributed by atoms with Gasteiger partial charge in [0.15, 0.2) is 0 Å². The molecule has 1 aliphatic heterocycles. The average molecular weight is 422 g/mol. The number of aliphatic hydroxyl groups excluding tert-OH is 1. The third-order valence-electron chi connectivity index (χ3n) is 5.22. The fourth-order valence-corrected chi connectivity index (χ4v) is 7.25. The van der Waals surface area contributed by atoms with Crippen molar-refractivity contribution in [2.75, 3.05) is 0 Å². The van der Waals surface area contributed by atoms with Gasteiger partial charge >= 0.3 is 6.18 Å². The number of rotatable bonds is 6. The molecule has 2 rings (SSSR count). The van der Waals surface area contributed by atoms with E-state index in [0.29, 0.717) is 24.8 Å². The molecule has 0 saturated carbocycles. The second kappa shape index (κ2) is 10.4. The highest BCUT2D eigenvalue weighted by Crippen LogP contribution is 2.32. The first-order chi connectivity index (χ1) is 13.1. The van der Waals surface area contributed by atoms with E-state index >= 15 is 0 Å². The lowest BCUT2D eigenvalue weighted by Crippen LogP contribution is -2.23. The van der Waals surface area contributed by atoms with Gasteiger partial charge in [-0.25, -0.2) is 13.2 Å². The van der Waals surface area contributed by atoms with E-state index in [9.17, 15) is 31.4 Å². The monoisotopic (exact) mass is 422 g/mol. The van der Waals surface area contributed by atoms with Crippen molar-refractivity contribution in [3.8, 4) is 11.8 Å². The van der Waals surface area contributed by atoms with Crippen molar-refractivity contribution in [2.24, 2.45) is 5.92 Å². The van der Waals surface area contributed by atoms with Crippen LogP contribution in [0.15, 0.2) is 18.2 Å². The largest absolute Gasteiger partial charge is 0.419 e. The number of hydrogen-bond donors (Lipinski definition) is 1. The van der Waals surface area contributed by atoms with Gasteiger partial charge in [-0.2, -0.15) is 13.2 Å². The molecule has 1 aromatic rings. The predicted octanol–water partition coefficient (Wildman–Crippen LogP) is 5.63. The summed E-state index contributed by atoms with van der Waals surface area (Å²) in [6, 6.07) is 5.56. The van der Waals surface area contributed by atoms with Gasteiger partial charge in [0.1, 0.15) is 11.9 Å². The maximum atomic E-state index is 13.5. The van der Waals surface area contributed by atoms with Crippen molar-refractivity contribution in [1.29, 1.82) is 0 Å². The normalized spacial score (nSPS) is 21.3. The quantitative estimate of drug-likeness (QED) is 0.358. The van der Waals surface area contributed by atoms with Crippen molar-refractivity contribution >= 4 is 8.80 Å². The van der Waals surface area contributed by atoms with Crippen LogP contribution in [0, 0.1) is 23.6 Å². The molecule has 0 aromatic heterocycles. The van der Waals surface area contributed by atoms with Crippen LogP contribution in [0.25, 0.3) is 0 Å². The summed E-state index contributed by atoms with van der Waals surface area (Å²) in [4.78, 5) is 0. The summed E-state index contributed by atoms with van der Waals surface area (Å²) >= 11 is 0. The maximum absolute atomic E-state index is 13.5. The van der Waals surface area contributed by atoms with Gasteiger partial charge < -0.3 is 5.11 Å². The molecule has 1 unspecified atom stereocenters. The van der Waals surface area contributed by atoms with Crippen molar-refractivity contribution < 1.29 is 31.4 Å². The van der Waals surface area contributed by atoms with E-state index in [1.54, 1.807) is 0 Å². The van der Waals surface area contributed by atoms with Gasteiger partial charge in [0.25, 0.3) is 0 Å². The Kier molecular flexibility index (Phi) is 8.44. The lowest BCUT2D eigenvalue weighted by atomic mass is 9.95. The van der Waals surface area contributed by atoms with Crippen LogP contribution in [-0.2, 0) is 6.18 Å². The summed E-state index contributed by atoms with van der Waals surface area (Å²) in [5.41, 5.74) is -1.26. The Bertz CT molecular complexity index is 686. The fraction of sp³-hybridized carbons (Fsp3) is 0.600. The molecule has 0 amide bonds. The van der Waals surface area contributed by atoms with Crippen LogP contribution >= 0.6 is 0 Å². The second-order valence-electron chi connectivity index (χ2n) is 7.42. The SMILES string of the molecule is OC(C#Cc1ccc(C(F)(F)F)c(F)c1)C[C@H]1CC[Si@H](CCCC(F)F)CC1. The zero-order valence-corrected chi connectivity index (χ0v) is 16.6. The zero-order chi connectivity index (χ0) is 20.7. The van der Waals surface area contributed by atoms with Crippen molar-refractivity contribution in [1.82, 2.24) is 0 Å². The first-order valence-corrected chi connectivity index (χ1v) is 11.9. The van der Waals surface area contributed by atoms with Gasteiger partial charge in [-0.15, -0.1) is 0 Å². The van der Waals surface area contributed by atoms with Gasteiger partial charge in [0.05, 0.1) is 5.56 Å². The Morgan fingerprint density at radius 2 is 1.86 bits per heavy atom. The summed E-state index contributed by atoms with van der Waals surface area (Å²) in [6.45, 7) is 0. The Hall–Kier alpha value is -1.46. The molecule has 0 aliphatic carbocycles. The van der Waals surface area contributed by atoms with Crippen molar-refractivity contribution in [2.45, 2.75) is 68.9 Å². The van der Waals surface area contributed by atoms with Crippen LogP contribution < -0.4 is 0 Å². The molecule has 8 heteroatoms. The van der Waals surface area contributed by atoms with E-state index in [0.717, 1.165) is 43.1 Å². The standard InChI is InChI=1S/C20H24F6OSi/c21-18-13-14(4-6-17(18)20(24,25)26)3-5-16(27)12-15-7-10-28(11-8-15)9-1-2-19(22)23/h4,6,13,15-16,19,27-28H,1-2,7-12H2/t15-,16?,28-. The Morgan fingerprint density at radius 1 is 1.18 bits per heavy atom. The first-order valence-electron chi connectivity index (χ1n) is 9.49. The van der Waals surface area contributed by atoms with E-state index in [4.69, 9.17) is 0 Å². The molecule has 0 radical (unpaired) electrons. The molecule has 156 valence electrons. The van der Waals surface area contributed by atoms with Crippen molar-refractivity contribution in [3.05, 3.63) is 35.1 Å². The summed E-state index contributed by atoms with van der Waals surface area (Å²) in [7, 11) is -0.943. The summed E-state index contributed by atoms with van der Waals surface area (Å²) in [6.07, 6.45) is -4.95. The van der Waals surface area contributed by atoms with Crippen LogP contribution in [0.2, 0.25) is 18.1 Å². The molecular weight excluding hydrogens is 398 g/mol. The van der Waals surface area contributed by atoms with Crippen LogP contribution in [0.3, 0.4) is 0 Å². The topological polar surface area (TPSA) is 20.2 Å². The highest BCUT2D eigenvalue weighted by molar-refractivity contribution is 6.58. The Morgan fingerprint density at radius 3 is 2.43 bits per heavy atom. The lowest BCUT2D eigenvalue weighted by molar-refractivity contribution is -0.140. The minimum absolute atomic E-state index is 0.0220. The summed E-state index contributed by atoms with van der Waals surface area (Å²) in [5, 5.41) is 10.1. The number of hydrogen-bond acceptors (Lipinski definition) is 1. The van der Waals surface area contributed by atoms with Gasteiger partial charge in [-0.3, -0.25) is 0 Å². The molecule has 1 heterocycles. The van der Waals surface area contributed by atoms with E-state index in [1.165, 1.54) is 0 Å².